The van der Waals surface area contributed by atoms with Gasteiger partial charge in [-0.05, 0) is 159 Å². The lowest BCUT2D eigenvalue weighted by Crippen LogP contribution is -2.35. The molecule has 0 radical (unpaired) electrons. The first-order chi connectivity index (χ1) is 48.7. The highest BCUT2D eigenvalue weighted by molar-refractivity contribution is 9.10. The van der Waals surface area contributed by atoms with Crippen molar-refractivity contribution in [3.8, 4) is 0 Å². The number of carbonyl (C=O) groups is 6. The number of rotatable bonds is 18. The van der Waals surface area contributed by atoms with Crippen LogP contribution in [-0.2, 0) is 19.3 Å². The van der Waals surface area contributed by atoms with Gasteiger partial charge in [-0.25, -0.2) is 15.0 Å². The van der Waals surface area contributed by atoms with E-state index in [2.05, 4.69) is 61.5 Å². The van der Waals surface area contributed by atoms with Crippen molar-refractivity contribution in [2.45, 2.75) is 91.4 Å². The molecule has 6 heterocycles. The Morgan fingerprint density at radius 3 is 0.901 bits per heavy atom. The maximum absolute atomic E-state index is 13.0. The van der Waals surface area contributed by atoms with Crippen LogP contribution in [0.4, 0.5) is 17.5 Å². The Kier molecular flexibility index (Phi) is 25.5. The Hall–Kier alpha value is -10.3. The van der Waals surface area contributed by atoms with Crippen molar-refractivity contribution in [3.63, 3.8) is 0 Å². The van der Waals surface area contributed by atoms with Gasteiger partial charge < -0.3 is 30.7 Å². The van der Waals surface area contributed by atoms with Crippen LogP contribution in [-0.4, -0.2) is 121 Å². The van der Waals surface area contributed by atoms with E-state index in [0.717, 1.165) is 116 Å². The highest BCUT2D eigenvalue weighted by Gasteiger charge is 2.23. The zero-order valence-electron chi connectivity index (χ0n) is 56.6. The van der Waals surface area contributed by atoms with Gasteiger partial charge in [0.05, 0.1) is 10.0 Å². The van der Waals surface area contributed by atoms with Crippen LogP contribution in [0.15, 0.2) is 187 Å². The first-order valence-corrected chi connectivity index (χ1v) is 35.3. The van der Waals surface area contributed by atoms with Crippen LogP contribution >= 0.6 is 39.1 Å². The van der Waals surface area contributed by atoms with Crippen molar-refractivity contribution in [2.75, 3.05) is 55.2 Å². The number of Topliss-reactive ketones (excluding diaryl/α,β-unsaturated/α-hetero) is 3. The molecule has 3 aliphatic rings. The average Bonchev–Trinajstić information content (AvgIpc) is 1.57. The normalized spacial score (nSPS) is 13.3. The number of amides is 3. The highest BCUT2D eigenvalue weighted by atomic mass is 79.9. The summed E-state index contributed by atoms with van der Waals surface area (Å²) < 4.78 is 0.824. The molecule has 9 aromatic rings. The lowest BCUT2D eigenvalue weighted by molar-refractivity contribution is 0.0980. The number of likely N-dealkylation sites (tertiary alicyclic amines) is 3. The molecular weight excluding hydrogens is 1380 g/mol. The molecule has 0 saturated carbocycles. The van der Waals surface area contributed by atoms with Gasteiger partial charge in [-0.2, -0.15) is 0 Å². The molecule has 516 valence electrons. The molecule has 0 unspecified atom stereocenters. The summed E-state index contributed by atoms with van der Waals surface area (Å²) in [5.74, 6) is 1.54. The molecule has 3 aliphatic heterocycles. The first-order valence-electron chi connectivity index (χ1n) is 33.7. The molecule has 0 atom stereocenters. The topological polar surface area (TPSA) is 258 Å². The third-order valence-electron chi connectivity index (χ3n) is 17.7. The Morgan fingerprint density at radius 2 is 0.634 bits per heavy atom. The van der Waals surface area contributed by atoms with Crippen LogP contribution in [0.2, 0.25) is 10.0 Å². The van der Waals surface area contributed by atoms with Crippen LogP contribution in [0.25, 0.3) is 0 Å². The number of nitrogens with one attached hydrogen (secondary N) is 6. The second-order valence-electron chi connectivity index (χ2n) is 25.3. The summed E-state index contributed by atoms with van der Waals surface area (Å²) in [6, 6.07) is 48.1. The lowest BCUT2D eigenvalue weighted by atomic mass is 9.96. The van der Waals surface area contributed by atoms with E-state index in [4.69, 9.17) is 39.4 Å². The molecule has 6 N–H and O–H groups in total. The smallest absolute Gasteiger partial charge is 0.257 e. The first kappa shape index (κ1) is 73.4. The second-order valence-corrected chi connectivity index (χ2v) is 27.1. The molecule has 6 aromatic carbocycles. The van der Waals surface area contributed by atoms with Crippen LogP contribution in [0.1, 0.15) is 164 Å². The van der Waals surface area contributed by atoms with Crippen LogP contribution in [0, 0.1) is 37.0 Å². The van der Waals surface area contributed by atoms with Crippen molar-refractivity contribution in [3.05, 3.63) is 280 Å². The van der Waals surface area contributed by atoms with Gasteiger partial charge in [0.1, 0.15) is 35.0 Å². The predicted molar refractivity (Wildman–Crippen MR) is 403 cm³/mol. The van der Waals surface area contributed by atoms with Crippen molar-refractivity contribution in [1.29, 1.82) is 16.2 Å². The molecule has 3 saturated heterocycles. The fraction of sp³-hybridized carbons (Fsp3) is 0.250. The van der Waals surface area contributed by atoms with E-state index in [1.54, 1.807) is 97.2 Å². The van der Waals surface area contributed by atoms with Gasteiger partial charge in [0.15, 0.2) is 17.3 Å². The molecule has 0 spiro atoms. The summed E-state index contributed by atoms with van der Waals surface area (Å²) in [6.07, 6.45) is 14.0. The second kappa shape index (κ2) is 35.1. The average molecular weight is 1460 g/mol. The number of aryl methyl sites for hydroxylation is 3. The minimum absolute atomic E-state index is 0.0734. The Balaban J connectivity index is 0.000000163. The standard InChI is InChI=1S/C27H27BrN4O2.C27H27ClN4O2.C26H25ClN4O2/c2*1-18-5-6-21(23(15-18)27(34)31-25-12-11-22(28)17-30-25)16-24(33)19-7-9-20(10-8-19)26(29)32-13-3-2-4-14-32;1-17-4-5-20(22(14-17)26(33)30-24-11-10-21(27)16-29-24)15-23(32)18-6-8-19(9-7-18)25(28)31-12-2-3-13-31/h2*5-12,15,17,29H,2-4,13-14,16H2,1H3,(H,30,31,34);4-11,14,16,28H,2-3,12-13,15H2,1H3,(H,29,30,33). The largest absolute Gasteiger partial charge is 0.357 e. The molecule has 3 aromatic heterocycles. The summed E-state index contributed by atoms with van der Waals surface area (Å²) in [5.41, 5.74) is 10.2. The number of carbonyl (C=O) groups excluding carboxylic acids is 6. The molecule has 18 nitrogen and oxygen atoms in total. The van der Waals surface area contributed by atoms with Gasteiger partial charge in [-0.3, -0.25) is 45.0 Å². The van der Waals surface area contributed by atoms with Crippen molar-refractivity contribution in [1.82, 2.24) is 29.7 Å². The third kappa shape index (κ3) is 20.4. The molecule has 21 heteroatoms. The summed E-state index contributed by atoms with van der Waals surface area (Å²) in [6.45, 7) is 11.2. The van der Waals surface area contributed by atoms with Gasteiger partial charge in [0.25, 0.3) is 17.7 Å². The minimum atomic E-state index is -0.328. The van der Waals surface area contributed by atoms with E-state index in [1.807, 2.05) is 93.6 Å². The number of hydrogen-bond acceptors (Lipinski definition) is 12. The molecule has 0 aliphatic carbocycles. The summed E-state index contributed by atoms with van der Waals surface area (Å²) >= 11 is 15.1. The number of halogens is 3. The lowest BCUT2D eigenvalue weighted by Gasteiger charge is -2.29. The van der Waals surface area contributed by atoms with Crippen LogP contribution < -0.4 is 16.0 Å². The number of ketones is 3. The summed E-state index contributed by atoms with van der Waals surface area (Å²) in [4.78, 5) is 96.5. The quantitative estimate of drug-likeness (QED) is 0.0266. The maximum atomic E-state index is 13.0. The fourth-order valence-electron chi connectivity index (χ4n) is 12.1. The van der Waals surface area contributed by atoms with E-state index < -0.39 is 0 Å². The van der Waals surface area contributed by atoms with E-state index in [-0.39, 0.29) is 54.3 Å². The van der Waals surface area contributed by atoms with E-state index >= 15 is 0 Å². The Labute approximate surface area is 607 Å². The SMILES string of the molecule is Cc1ccc(CC(=O)c2ccc(C(=N)N3CCCC3)cc2)c(C(=O)Nc2ccc(Cl)cn2)c1.Cc1ccc(CC(=O)c2ccc(C(=N)N3CCCCC3)cc2)c(C(=O)Nc2ccc(Br)cn2)c1.Cc1ccc(CC(=O)c2ccc(C(=N)N3CCCCC3)cc2)c(C(=O)Nc2ccc(Cl)cn2)c1. The number of pyridine rings is 3. The van der Waals surface area contributed by atoms with Gasteiger partial charge >= 0.3 is 0 Å². The van der Waals surface area contributed by atoms with Crippen molar-refractivity contribution >= 4 is 109 Å². The monoisotopic (exact) mass is 1450 g/mol. The summed E-state index contributed by atoms with van der Waals surface area (Å²) in [5, 5.41) is 34.6. The Bertz CT molecular complexity index is 4310. The van der Waals surface area contributed by atoms with Gasteiger partial charge in [-0.15, -0.1) is 0 Å². The van der Waals surface area contributed by atoms with E-state index in [9.17, 15) is 28.8 Å². The van der Waals surface area contributed by atoms with E-state index in [1.165, 1.54) is 25.2 Å². The number of amidine groups is 3. The number of aromatic nitrogens is 3. The maximum Gasteiger partial charge on any atom is 0.257 e. The molecule has 101 heavy (non-hydrogen) atoms. The zero-order chi connectivity index (χ0) is 71.5. The number of piperidine rings is 2. The van der Waals surface area contributed by atoms with Gasteiger partial charge in [-0.1, -0.05) is 149 Å². The fourth-order valence-corrected chi connectivity index (χ4v) is 12.5. The highest BCUT2D eigenvalue weighted by Crippen LogP contribution is 2.25. The van der Waals surface area contributed by atoms with Gasteiger partial charge in [0.2, 0.25) is 0 Å². The van der Waals surface area contributed by atoms with Gasteiger partial charge in [0, 0.05) is 132 Å². The number of anilines is 3. The molecule has 3 amide bonds. The van der Waals surface area contributed by atoms with Crippen molar-refractivity contribution < 1.29 is 28.8 Å². The molecular formula is C80H79BrCl2N12O6. The van der Waals surface area contributed by atoms with Crippen LogP contribution in [0.3, 0.4) is 0 Å². The third-order valence-corrected chi connectivity index (χ3v) is 18.6. The number of benzene rings is 6. The predicted octanol–water partition coefficient (Wildman–Crippen LogP) is 16.3. The minimum Gasteiger partial charge on any atom is -0.357 e. The number of nitrogens with zero attached hydrogens (tertiary/aromatic N) is 6. The van der Waals surface area contributed by atoms with Crippen molar-refractivity contribution in [2.24, 2.45) is 0 Å². The molecule has 3 fully saturated rings. The number of hydrogen-bond donors (Lipinski definition) is 6. The molecule has 12 rings (SSSR count). The molecule has 0 bridgehead atoms. The van der Waals surface area contributed by atoms with E-state index in [0.29, 0.717) is 95.1 Å². The summed E-state index contributed by atoms with van der Waals surface area (Å²) in [7, 11) is 0. The zero-order valence-corrected chi connectivity index (χ0v) is 59.7. The van der Waals surface area contributed by atoms with Crippen LogP contribution in [0.5, 0.6) is 0 Å². The Morgan fingerprint density at radius 1 is 0.366 bits per heavy atom.